The summed E-state index contributed by atoms with van der Waals surface area (Å²) >= 11 is 1.33. The number of hydrogen-bond acceptors (Lipinski definition) is 3. The number of rotatable bonds is 2. The van der Waals surface area contributed by atoms with Crippen LogP contribution >= 0.6 is 11.3 Å². The molecule has 0 bridgehead atoms. The lowest BCUT2D eigenvalue weighted by atomic mass is 10.1. The zero-order valence-electron chi connectivity index (χ0n) is 7.65. The van der Waals surface area contributed by atoms with E-state index >= 15 is 0 Å². The number of alkyl halides is 2. The third kappa shape index (κ3) is 1.97. The van der Waals surface area contributed by atoms with Crippen LogP contribution in [-0.2, 0) is 0 Å². The van der Waals surface area contributed by atoms with Gasteiger partial charge in [0, 0.05) is 11.1 Å². The molecule has 2 aromatic rings. The molecule has 2 nitrogen and oxygen atoms in total. The van der Waals surface area contributed by atoms with Gasteiger partial charge in [-0.25, -0.2) is 13.8 Å². The van der Waals surface area contributed by atoms with Crippen molar-refractivity contribution in [1.82, 2.24) is 4.98 Å². The van der Waals surface area contributed by atoms with Gasteiger partial charge in [-0.05, 0) is 0 Å². The number of hydrogen-bond donors (Lipinski definition) is 1. The number of nitrogen functional groups attached to an aromatic ring is 1. The Balaban J connectivity index is 2.36. The van der Waals surface area contributed by atoms with Gasteiger partial charge in [0.2, 0.25) is 0 Å². The van der Waals surface area contributed by atoms with Crippen LogP contribution in [0.4, 0.5) is 13.8 Å². The van der Waals surface area contributed by atoms with E-state index in [1.807, 2.05) is 0 Å². The Kier molecular flexibility index (Phi) is 2.64. The molecule has 0 atom stereocenters. The van der Waals surface area contributed by atoms with Crippen LogP contribution in [0.2, 0.25) is 0 Å². The highest BCUT2D eigenvalue weighted by Gasteiger charge is 2.09. The third-order valence-corrected chi connectivity index (χ3v) is 2.69. The van der Waals surface area contributed by atoms with Crippen molar-refractivity contribution >= 4 is 16.3 Å². The van der Waals surface area contributed by atoms with Crippen LogP contribution in [0.3, 0.4) is 0 Å². The van der Waals surface area contributed by atoms with E-state index in [9.17, 15) is 8.78 Å². The summed E-state index contributed by atoms with van der Waals surface area (Å²) in [6, 6.07) is 5.98. The summed E-state index contributed by atoms with van der Waals surface area (Å²) in [5.41, 5.74) is 8.73. The second kappa shape index (κ2) is 3.94. The molecule has 0 aliphatic rings. The Hall–Kier alpha value is -1.49. The molecular formula is C10H8F2N2S. The molecule has 0 spiro atoms. The van der Waals surface area contributed by atoms with E-state index in [0.717, 1.165) is 5.56 Å². The fourth-order valence-corrected chi connectivity index (χ4v) is 1.81. The van der Waals surface area contributed by atoms with E-state index in [1.54, 1.807) is 17.6 Å². The van der Waals surface area contributed by atoms with E-state index in [4.69, 9.17) is 5.73 Å². The minimum Gasteiger partial charge on any atom is -0.389 e. The fourth-order valence-electron chi connectivity index (χ4n) is 1.26. The molecule has 1 heterocycles. The molecule has 78 valence electrons. The molecule has 0 aliphatic carbocycles. The quantitative estimate of drug-likeness (QED) is 0.853. The van der Waals surface area contributed by atoms with E-state index in [0.29, 0.717) is 10.7 Å². The van der Waals surface area contributed by atoms with Crippen molar-refractivity contribution in [2.24, 2.45) is 0 Å². The second-order valence-corrected chi connectivity index (χ2v) is 3.87. The molecular weight excluding hydrogens is 218 g/mol. The van der Waals surface area contributed by atoms with Gasteiger partial charge in [-0.2, -0.15) is 0 Å². The smallest absolute Gasteiger partial charge is 0.263 e. The maximum atomic E-state index is 12.3. The molecule has 0 saturated heterocycles. The van der Waals surface area contributed by atoms with Gasteiger partial charge < -0.3 is 5.73 Å². The van der Waals surface area contributed by atoms with Crippen molar-refractivity contribution < 1.29 is 8.78 Å². The summed E-state index contributed by atoms with van der Waals surface area (Å²) in [6.07, 6.45) is -2.44. The van der Waals surface area contributed by atoms with Crippen LogP contribution in [-0.4, -0.2) is 4.98 Å². The first kappa shape index (κ1) is 10.0. The number of nitrogens with two attached hydrogens (primary N) is 1. The van der Waals surface area contributed by atoms with Gasteiger partial charge in [-0.3, -0.25) is 0 Å². The van der Waals surface area contributed by atoms with Crippen molar-refractivity contribution in [3.63, 3.8) is 0 Å². The van der Waals surface area contributed by atoms with Gasteiger partial charge in [0.1, 0.15) is 10.7 Å². The van der Waals surface area contributed by atoms with Crippen LogP contribution < -0.4 is 5.73 Å². The predicted molar refractivity (Wildman–Crippen MR) is 56.9 cm³/mol. The molecule has 2 rings (SSSR count). The number of anilines is 1. The van der Waals surface area contributed by atoms with Crippen molar-refractivity contribution in [2.45, 2.75) is 6.43 Å². The standard InChI is InChI=1S/C10H8F2N2S/c11-9(12)7-3-1-6(2-4-7)8-10(13)15-5-14-8/h1-5,9H,13H2. The summed E-state index contributed by atoms with van der Waals surface area (Å²) in [5, 5.41) is 0.597. The predicted octanol–water partition coefficient (Wildman–Crippen LogP) is 3.33. The van der Waals surface area contributed by atoms with Gasteiger partial charge in [0.25, 0.3) is 6.43 Å². The first-order valence-corrected chi connectivity index (χ1v) is 5.14. The number of halogens is 2. The number of benzene rings is 1. The third-order valence-electron chi connectivity index (χ3n) is 2.03. The maximum absolute atomic E-state index is 12.3. The number of thiazole rings is 1. The van der Waals surface area contributed by atoms with Crippen LogP contribution in [0.5, 0.6) is 0 Å². The van der Waals surface area contributed by atoms with Gasteiger partial charge in [0.05, 0.1) is 5.51 Å². The lowest BCUT2D eigenvalue weighted by Crippen LogP contribution is -1.87. The van der Waals surface area contributed by atoms with Crippen molar-refractivity contribution in [1.29, 1.82) is 0 Å². The van der Waals surface area contributed by atoms with Gasteiger partial charge >= 0.3 is 0 Å². The molecule has 0 fully saturated rings. The second-order valence-electron chi connectivity index (χ2n) is 2.99. The molecule has 0 aliphatic heterocycles. The average Bonchev–Trinajstić information content (AvgIpc) is 2.65. The van der Waals surface area contributed by atoms with Crippen LogP contribution in [0, 0.1) is 0 Å². The first-order valence-electron chi connectivity index (χ1n) is 4.26. The highest BCUT2D eigenvalue weighted by molar-refractivity contribution is 7.14. The molecule has 0 saturated carbocycles. The van der Waals surface area contributed by atoms with Crippen molar-refractivity contribution in [3.8, 4) is 11.3 Å². The zero-order valence-corrected chi connectivity index (χ0v) is 8.47. The molecule has 1 aromatic carbocycles. The lowest BCUT2D eigenvalue weighted by Gasteiger charge is -2.01. The summed E-state index contributed by atoms with van der Waals surface area (Å²) < 4.78 is 24.6. The highest BCUT2D eigenvalue weighted by atomic mass is 32.1. The van der Waals surface area contributed by atoms with E-state index in [2.05, 4.69) is 4.98 Å². The number of nitrogens with zero attached hydrogens (tertiary/aromatic N) is 1. The molecule has 5 heteroatoms. The zero-order chi connectivity index (χ0) is 10.8. The maximum Gasteiger partial charge on any atom is 0.263 e. The Morgan fingerprint density at radius 3 is 2.33 bits per heavy atom. The van der Waals surface area contributed by atoms with Crippen LogP contribution in [0.1, 0.15) is 12.0 Å². The lowest BCUT2D eigenvalue weighted by molar-refractivity contribution is 0.151. The molecule has 1 aromatic heterocycles. The largest absolute Gasteiger partial charge is 0.389 e. The Bertz CT molecular complexity index is 451. The SMILES string of the molecule is Nc1scnc1-c1ccc(C(F)F)cc1. The number of aromatic nitrogens is 1. The van der Waals surface area contributed by atoms with Gasteiger partial charge in [0.15, 0.2) is 0 Å². The topological polar surface area (TPSA) is 38.9 Å². The monoisotopic (exact) mass is 226 g/mol. The molecule has 0 radical (unpaired) electrons. The van der Waals surface area contributed by atoms with Crippen LogP contribution in [0.15, 0.2) is 29.8 Å². The van der Waals surface area contributed by atoms with E-state index < -0.39 is 6.43 Å². The minimum absolute atomic E-state index is 0.00699. The van der Waals surface area contributed by atoms with E-state index in [-0.39, 0.29) is 5.56 Å². The summed E-state index contributed by atoms with van der Waals surface area (Å²) in [7, 11) is 0. The van der Waals surface area contributed by atoms with Crippen LogP contribution in [0.25, 0.3) is 11.3 Å². The minimum atomic E-state index is -2.44. The molecule has 0 unspecified atom stereocenters. The average molecular weight is 226 g/mol. The highest BCUT2D eigenvalue weighted by Crippen LogP contribution is 2.29. The molecule has 0 amide bonds. The molecule has 2 N–H and O–H groups in total. The van der Waals surface area contributed by atoms with Gasteiger partial charge in [-0.15, -0.1) is 11.3 Å². The summed E-state index contributed by atoms with van der Waals surface area (Å²) in [6.45, 7) is 0. The van der Waals surface area contributed by atoms with Crippen molar-refractivity contribution in [2.75, 3.05) is 5.73 Å². The van der Waals surface area contributed by atoms with Crippen molar-refractivity contribution in [3.05, 3.63) is 35.3 Å². The Morgan fingerprint density at radius 1 is 1.20 bits per heavy atom. The van der Waals surface area contributed by atoms with E-state index in [1.165, 1.54) is 23.5 Å². The molecule has 15 heavy (non-hydrogen) atoms. The normalized spacial score (nSPS) is 10.9. The first-order chi connectivity index (χ1) is 7.18. The summed E-state index contributed by atoms with van der Waals surface area (Å²) in [5.74, 6) is 0. The Labute approximate surface area is 89.4 Å². The fraction of sp³-hybridized carbons (Fsp3) is 0.100. The summed E-state index contributed by atoms with van der Waals surface area (Å²) in [4.78, 5) is 4.07. The Morgan fingerprint density at radius 2 is 1.87 bits per heavy atom. The van der Waals surface area contributed by atoms with Gasteiger partial charge in [-0.1, -0.05) is 24.3 Å².